The summed E-state index contributed by atoms with van der Waals surface area (Å²) >= 11 is 0. The lowest BCUT2D eigenvalue weighted by Crippen LogP contribution is -2.42. The first-order chi connectivity index (χ1) is 12.7. The molecule has 6 heteroatoms. The fraction of sp³-hybridized carbons (Fsp3) is 0.650. The highest BCUT2D eigenvalue weighted by Gasteiger charge is 2.26. The Morgan fingerprint density at radius 3 is 2.69 bits per heavy atom. The first-order valence-corrected chi connectivity index (χ1v) is 9.52. The molecule has 0 aliphatic carbocycles. The van der Waals surface area contributed by atoms with E-state index in [4.69, 9.17) is 14.2 Å². The van der Waals surface area contributed by atoms with E-state index in [0.29, 0.717) is 6.54 Å². The number of piperidine rings is 1. The molecule has 144 valence electrons. The highest BCUT2D eigenvalue weighted by molar-refractivity contribution is 5.78. The fourth-order valence-corrected chi connectivity index (χ4v) is 3.76. The number of methoxy groups -OCH3 is 2. The third kappa shape index (κ3) is 4.89. The molecule has 2 fully saturated rings. The Morgan fingerprint density at radius 1 is 1.23 bits per heavy atom. The van der Waals surface area contributed by atoms with Gasteiger partial charge in [-0.2, -0.15) is 0 Å². The highest BCUT2D eigenvalue weighted by atomic mass is 16.5. The van der Waals surface area contributed by atoms with Crippen LogP contribution in [0.3, 0.4) is 0 Å². The maximum absolute atomic E-state index is 12.4. The summed E-state index contributed by atoms with van der Waals surface area (Å²) in [7, 11) is 3.36. The molecule has 1 aromatic rings. The minimum atomic E-state index is 0.111. The molecule has 0 bridgehead atoms. The number of rotatable bonds is 7. The Kier molecular flexibility index (Phi) is 6.74. The molecule has 1 amide bonds. The first kappa shape index (κ1) is 19.0. The van der Waals surface area contributed by atoms with E-state index in [0.717, 1.165) is 69.0 Å². The second-order valence-electron chi connectivity index (χ2n) is 7.11. The number of benzene rings is 1. The number of ether oxygens (including phenoxy) is 3. The Labute approximate surface area is 155 Å². The van der Waals surface area contributed by atoms with Gasteiger partial charge in [0.2, 0.25) is 5.91 Å². The van der Waals surface area contributed by atoms with E-state index >= 15 is 0 Å². The molecular weight excluding hydrogens is 332 g/mol. The predicted molar refractivity (Wildman–Crippen MR) is 99.5 cm³/mol. The summed E-state index contributed by atoms with van der Waals surface area (Å²) in [5.74, 6) is 2.00. The van der Waals surface area contributed by atoms with Gasteiger partial charge < -0.3 is 19.5 Å². The van der Waals surface area contributed by atoms with Crippen molar-refractivity contribution in [1.82, 2.24) is 10.2 Å². The van der Waals surface area contributed by atoms with Gasteiger partial charge in [0.1, 0.15) is 11.5 Å². The van der Waals surface area contributed by atoms with Crippen LogP contribution in [0.1, 0.15) is 31.2 Å². The zero-order valence-corrected chi connectivity index (χ0v) is 15.8. The van der Waals surface area contributed by atoms with Gasteiger partial charge in [-0.25, -0.2) is 0 Å². The van der Waals surface area contributed by atoms with E-state index in [9.17, 15) is 4.79 Å². The molecule has 1 atom stereocenters. The zero-order chi connectivity index (χ0) is 18.4. The summed E-state index contributed by atoms with van der Waals surface area (Å²) < 4.78 is 16.4. The van der Waals surface area contributed by atoms with E-state index in [1.807, 2.05) is 18.2 Å². The van der Waals surface area contributed by atoms with Crippen molar-refractivity contribution in [3.63, 3.8) is 0 Å². The molecule has 0 unspecified atom stereocenters. The minimum absolute atomic E-state index is 0.111. The summed E-state index contributed by atoms with van der Waals surface area (Å²) in [6.45, 7) is 4.12. The van der Waals surface area contributed by atoms with Crippen LogP contribution in [0.15, 0.2) is 18.2 Å². The van der Waals surface area contributed by atoms with Crippen LogP contribution < -0.4 is 14.8 Å². The zero-order valence-electron chi connectivity index (χ0n) is 15.8. The van der Waals surface area contributed by atoms with Crippen LogP contribution in [0.2, 0.25) is 0 Å². The maximum atomic E-state index is 12.4. The average molecular weight is 362 g/mol. The lowest BCUT2D eigenvalue weighted by atomic mass is 9.95. The van der Waals surface area contributed by atoms with Crippen LogP contribution in [0.5, 0.6) is 11.5 Å². The standard InChI is InChI=1S/C20H30N2O4/c1-24-17-5-6-19(25-2)16(12-17)14-22-9-7-15(8-10-22)20(23)21-13-18-4-3-11-26-18/h5-6,12,15,18H,3-4,7-11,13-14H2,1-2H3,(H,21,23)/t18-/m1/s1. The molecule has 2 aliphatic rings. The smallest absolute Gasteiger partial charge is 0.223 e. The van der Waals surface area contributed by atoms with Crippen molar-refractivity contribution in [3.8, 4) is 11.5 Å². The van der Waals surface area contributed by atoms with Crippen molar-refractivity contribution in [2.75, 3.05) is 40.5 Å². The predicted octanol–water partition coefficient (Wildman–Crippen LogP) is 2.21. The van der Waals surface area contributed by atoms with Crippen LogP contribution in [0.25, 0.3) is 0 Å². The van der Waals surface area contributed by atoms with Gasteiger partial charge in [0, 0.05) is 31.2 Å². The number of carbonyl (C=O) groups is 1. The van der Waals surface area contributed by atoms with Gasteiger partial charge in [0.05, 0.1) is 20.3 Å². The van der Waals surface area contributed by atoms with Crippen molar-refractivity contribution < 1.29 is 19.0 Å². The molecule has 2 heterocycles. The average Bonchev–Trinajstić information content (AvgIpc) is 3.20. The lowest BCUT2D eigenvalue weighted by Gasteiger charge is -2.31. The Morgan fingerprint density at radius 2 is 2.04 bits per heavy atom. The van der Waals surface area contributed by atoms with Crippen LogP contribution in [0, 0.1) is 5.92 Å². The molecule has 0 radical (unpaired) electrons. The van der Waals surface area contributed by atoms with E-state index in [1.54, 1.807) is 14.2 Å². The number of hydrogen-bond donors (Lipinski definition) is 1. The van der Waals surface area contributed by atoms with Crippen molar-refractivity contribution in [2.45, 2.75) is 38.3 Å². The van der Waals surface area contributed by atoms with Gasteiger partial charge >= 0.3 is 0 Å². The normalized spacial score (nSPS) is 21.5. The molecule has 0 saturated carbocycles. The van der Waals surface area contributed by atoms with E-state index in [1.165, 1.54) is 0 Å². The highest BCUT2D eigenvalue weighted by Crippen LogP contribution is 2.27. The maximum Gasteiger partial charge on any atom is 0.223 e. The molecule has 26 heavy (non-hydrogen) atoms. The van der Waals surface area contributed by atoms with Gasteiger partial charge in [-0.3, -0.25) is 9.69 Å². The summed E-state index contributed by atoms with van der Waals surface area (Å²) in [5, 5.41) is 3.07. The number of carbonyl (C=O) groups excluding carboxylic acids is 1. The largest absolute Gasteiger partial charge is 0.497 e. The lowest BCUT2D eigenvalue weighted by molar-refractivity contribution is -0.127. The van der Waals surface area contributed by atoms with Gasteiger partial charge in [-0.15, -0.1) is 0 Å². The molecule has 2 aliphatic heterocycles. The number of hydrogen-bond acceptors (Lipinski definition) is 5. The molecule has 6 nitrogen and oxygen atoms in total. The quantitative estimate of drug-likeness (QED) is 0.806. The molecule has 3 rings (SSSR count). The second-order valence-corrected chi connectivity index (χ2v) is 7.11. The Hall–Kier alpha value is -1.79. The van der Waals surface area contributed by atoms with Gasteiger partial charge in [0.25, 0.3) is 0 Å². The minimum Gasteiger partial charge on any atom is -0.497 e. The van der Waals surface area contributed by atoms with Crippen molar-refractivity contribution in [1.29, 1.82) is 0 Å². The molecule has 1 aromatic carbocycles. The topological polar surface area (TPSA) is 60.0 Å². The van der Waals surface area contributed by atoms with Crippen molar-refractivity contribution in [2.24, 2.45) is 5.92 Å². The summed E-state index contributed by atoms with van der Waals surface area (Å²) in [5.41, 5.74) is 1.12. The number of likely N-dealkylation sites (tertiary alicyclic amines) is 1. The fourth-order valence-electron chi connectivity index (χ4n) is 3.76. The summed E-state index contributed by atoms with van der Waals surface area (Å²) in [4.78, 5) is 14.8. The molecule has 1 N–H and O–H groups in total. The first-order valence-electron chi connectivity index (χ1n) is 9.52. The Balaban J connectivity index is 1.46. The molecule has 2 saturated heterocycles. The monoisotopic (exact) mass is 362 g/mol. The molecule has 0 spiro atoms. The van der Waals surface area contributed by atoms with Crippen LogP contribution in [-0.2, 0) is 16.1 Å². The van der Waals surface area contributed by atoms with Crippen LogP contribution in [-0.4, -0.2) is 57.4 Å². The van der Waals surface area contributed by atoms with Gasteiger partial charge in [-0.05, 0) is 57.0 Å². The number of amides is 1. The molecule has 0 aromatic heterocycles. The van der Waals surface area contributed by atoms with Crippen molar-refractivity contribution in [3.05, 3.63) is 23.8 Å². The third-order valence-corrected chi connectivity index (χ3v) is 5.37. The van der Waals surface area contributed by atoms with Crippen molar-refractivity contribution >= 4 is 5.91 Å². The number of nitrogens with zero attached hydrogens (tertiary/aromatic N) is 1. The van der Waals surface area contributed by atoms with Gasteiger partial charge in [-0.1, -0.05) is 0 Å². The Bertz CT molecular complexity index is 593. The molecular formula is C20H30N2O4. The SMILES string of the molecule is COc1ccc(OC)c(CN2CCC(C(=O)NC[C@H]3CCCO3)CC2)c1. The summed E-state index contributed by atoms with van der Waals surface area (Å²) in [6, 6.07) is 5.88. The van der Waals surface area contributed by atoms with E-state index < -0.39 is 0 Å². The van der Waals surface area contributed by atoms with E-state index in [2.05, 4.69) is 10.2 Å². The third-order valence-electron chi connectivity index (χ3n) is 5.37. The van der Waals surface area contributed by atoms with Crippen LogP contribution >= 0.6 is 0 Å². The summed E-state index contributed by atoms with van der Waals surface area (Å²) in [6.07, 6.45) is 4.15. The van der Waals surface area contributed by atoms with Gasteiger partial charge in [0.15, 0.2) is 0 Å². The second kappa shape index (κ2) is 9.24. The van der Waals surface area contributed by atoms with E-state index in [-0.39, 0.29) is 17.9 Å². The number of nitrogens with one attached hydrogen (secondary N) is 1. The van der Waals surface area contributed by atoms with Crippen LogP contribution in [0.4, 0.5) is 0 Å².